The first-order valence-corrected chi connectivity index (χ1v) is 12.4. The highest BCUT2D eigenvalue weighted by atomic mass is 16.6. The smallest absolute Gasteiger partial charge is 0.342 e. The fourth-order valence-corrected chi connectivity index (χ4v) is 7.14. The summed E-state index contributed by atoms with van der Waals surface area (Å²) >= 11 is 0. The van der Waals surface area contributed by atoms with E-state index in [2.05, 4.69) is 0 Å². The summed E-state index contributed by atoms with van der Waals surface area (Å²) in [5.41, 5.74) is -0.639. The van der Waals surface area contributed by atoms with Gasteiger partial charge in [-0.3, -0.25) is 9.59 Å². The quantitative estimate of drug-likeness (QED) is 0.171. The summed E-state index contributed by atoms with van der Waals surface area (Å²) in [6.07, 6.45) is -1.02. The number of ketones is 2. The number of aliphatic hydroxyl groups excluding tert-OH is 2. The Bertz CT molecular complexity index is 1720. The normalized spacial score (nSPS) is 27.9. The molecule has 0 unspecified atom stereocenters. The average Bonchev–Trinajstić information content (AvgIpc) is 3.17. The van der Waals surface area contributed by atoms with Crippen LogP contribution < -0.4 is 0 Å². The number of rotatable bonds is 0. The molecule has 0 fully saturated rings. The van der Waals surface area contributed by atoms with Gasteiger partial charge in [-0.25, -0.2) is 4.79 Å². The van der Waals surface area contributed by atoms with Gasteiger partial charge >= 0.3 is 5.97 Å². The predicted molar refractivity (Wildman–Crippen MR) is 134 cm³/mol. The summed E-state index contributed by atoms with van der Waals surface area (Å²) in [6.45, 7) is 1.69. The molecular formula is C30H22O9. The largest absolute Gasteiger partial charge is 0.507 e. The second-order valence-corrected chi connectivity index (χ2v) is 10.7. The lowest BCUT2D eigenvalue weighted by atomic mass is 9.61. The highest BCUT2D eigenvalue weighted by Crippen LogP contribution is 2.63. The Labute approximate surface area is 221 Å². The summed E-state index contributed by atoms with van der Waals surface area (Å²) in [5, 5.41) is 55.0. The molecule has 196 valence electrons. The number of aromatic hydroxyl groups is 3. The molecule has 0 bridgehead atoms. The van der Waals surface area contributed by atoms with Crippen LogP contribution in [-0.4, -0.2) is 55.3 Å². The number of hydrogen-bond donors (Lipinski definition) is 5. The van der Waals surface area contributed by atoms with Crippen molar-refractivity contribution in [3.63, 3.8) is 0 Å². The number of aryl methyl sites for hydroxylation is 1. The van der Waals surface area contributed by atoms with Gasteiger partial charge in [-0.2, -0.15) is 0 Å². The molecule has 0 radical (unpaired) electrons. The third kappa shape index (κ3) is 2.78. The number of hydrogen-bond acceptors (Lipinski definition) is 9. The van der Waals surface area contributed by atoms with Gasteiger partial charge in [-0.05, 0) is 53.8 Å². The molecule has 9 nitrogen and oxygen atoms in total. The number of carbonyl (C=O) groups excluding carboxylic acids is 3. The monoisotopic (exact) mass is 526 g/mol. The zero-order valence-electron chi connectivity index (χ0n) is 20.5. The molecule has 0 saturated heterocycles. The van der Waals surface area contributed by atoms with Crippen LogP contribution in [0.15, 0.2) is 48.6 Å². The number of carbonyl (C=O) groups is 3. The number of aliphatic hydroxyl groups is 2. The molecule has 39 heavy (non-hydrogen) atoms. The van der Waals surface area contributed by atoms with E-state index in [0.717, 1.165) is 0 Å². The number of esters is 1. The molecule has 1 spiro atoms. The maximum Gasteiger partial charge on any atom is 0.342 e. The van der Waals surface area contributed by atoms with Crippen LogP contribution in [-0.2, 0) is 11.2 Å². The van der Waals surface area contributed by atoms with Gasteiger partial charge in [0.15, 0.2) is 5.78 Å². The van der Waals surface area contributed by atoms with Crippen molar-refractivity contribution < 1.29 is 44.7 Å². The van der Waals surface area contributed by atoms with Gasteiger partial charge in [0.05, 0.1) is 22.6 Å². The highest BCUT2D eigenvalue weighted by molar-refractivity contribution is 6.31. The van der Waals surface area contributed by atoms with Gasteiger partial charge in [0.1, 0.15) is 35.0 Å². The van der Waals surface area contributed by atoms with Crippen LogP contribution in [0.25, 0.3) is 0 Å². The standard InChI is InChI=1S/C30H22O9/c1-11-7-14-22(18(33)8-11)29(38)39-28-17(32)6-5-15-20-12(10-30(15,28)27(14)37)9-19(34)23-24(20)25(35)13-3-2-4-16(31)21(13)26(23)36/h2-9,15,17,27-28,31-34,37H,10H2,1H3/t15-,17-,27+,28-,30+/m1/s1. The van der Waals surface area contributed by atoms with Crippen molar-refractivity contribution in [1.82, 2.24) is 0 Å². The molecule has 0 saturated carbocycles. The van der Waals surface area contributed by atoms with Crippen LogP contribution in [0.1, 0.15) is 76.5 Å². The zero-order valence-corrected chi connectivity index (χ0v) is 20.5. The zero-order chi connectivity index (χ0) is 27.5. The number of ether oxygens (including phenoxy) is 1. The molecule has 0 amide bonds. The van der Waals surface area contributed by atoms with E-state index >= 15 is 0 Å². The molecule has 3 aromatic rings. The summed E-state index contributed by atoms with van der Waals surface area (Å²) in [5.74, 6) is -4.23. The Balaban J connectivity index is 1.51. The number of allylic oxidation sites excluding steroid dienone is 1. The molecule has 5 atom stereocenters. The maximum absolute atomic E-state index is 13.9. The van der Waals surface area contributed by atoms with Gasteiger partial charge in [0, 0.05) is 17.0 Å². The van der Waals surface area contributed by atoms with Gasteiger partial charge in [-0.1, -0.05) is 30.4 Å². The Morgan fingerprint density at radius 2 is 1.59 bits per heavy atom. The molecule has 3 aliphatic carbocycles. The van der Waals surface area contributed by atoms with Crippen molar-refractivity contribution >= 4 is 17.5 Å². The van der Waals surface area contributed by atoms with E-state index in [4.69, 9.17) is 4.74 Å². The Kier molecular flexibility index (Phi) is 4.58. The molecule has 5 N–H and O–H groups in total. The molecular weight excluding hydrogens is 504 g/mol. The van der Waals surface area contributed by atoms with Crippen molar-refractivity contribution in [3.8, 4) is 17.2 Å². The van der Waals surface area contributed by atoms with Crippen LogP contribution in [0.3, 0.4) is 0 Å². The van der Waals surface area contributed by atoms with E-state index in [-0.39, 0.29) is 51.3 Å². The lowest BCUT2D eigenvalue weighted by Crippen LogP contribution is -2.52. The van der Waals surface area contributed by atoms with Gasteiger partial charge in [0.25, 0.3) is 0 Å². The minimum absolute atomic E-state index is 0.0170. The molecule has 9 heteroatoms. The van der Waals surface area contributed by atoms with Crippen LogP contribution >= 0.6 is 0 Å². The van der Waals surface area contributed by atoms with Crippen LogP contribution in [0.4, 0.5) is 0 Å². The SMILES string of the molecule is Cc1cc(O)c2c(c1)[C@H](O)[C@]13Cc4cc(O)c5c(c4[C@H]1C=C[C@@H](O)[C@H]3OC2=O)C(=O)c1cccc(O)c1C5=O. The van der Waals surface area contributed by atoms with E-state index in [9.17, 15) is 39.9 Å². The van der Waals surface area contributed by atoms with Crippen molar-refractivity contribution in [1.29, 1.82) is 0 Å². The molecule has 7 rings (SSSR count). The fourth-order valence-electron chi connectivity index (χ4n) is 7.14. The van der Waals surface area contributed by atoms with Crippen LogP contribution in [0.5, 0.6) is 17.2 Å². The lowest BCUT2D eigenvalue weighted by Gasteiger charge is -2.46. The van der Waals surface area contributed by atoms with E-state index < -0.39 is 52.9 Å². The average molecular weight is 526 g/mol. The first kappa shape index (κ1) is 23.6. The summed E-state index contributed by atoms with van der Waals surface area (Å²) in [7, 11) is 0. The van der Waals surface area contributed by atoms with E-state index in [1.807, 2.05) is 0 Å². The van der Waals surface area contributed by atoms with Gasteiger partial charge in [-0.15, -0.1) is 0 Å². The van der Waals surface area contributed by atoms with Crippen LogP contribution in [0, 0.1) is 12.3 Å². The molecule has 3 aromatic carbocycles. The van der Waals surface area contributed by atoms with Crippen molar-refractivity contribution in [2.45, 2.75) is 37.6 Å². The fraction of sp³-hybridized carbons (Fsp3) is 0.233. The van der Waals surface area contributed by atoms with Gasteiger partial charge < -0.3 is 30.3 Å². The minimum atomic E-state index is -1.45. The van der Waals surface area contributed by atoms with Crippen molar-refractivity contribution in [3.05, 3.63) is 98.6 Å². The maximum atomic E-state index is 13.9. The third-order valence-corrected chi connectivity index (χ3v) is 8.66. The molecule has 1 aliphatic heterocycles. The first-order valence-electron chi connectivity index (χ1n) is 12.4. The third-order valence-electron chi connectivity index (χ3n) is 8.66. The highest BCUT2D eigenvalue weighted by Gasteiger charge is 2.63. The summed E-state index contributed by atoms with van der Waals surface area (Å²) in [6, 6.07) is 8.46. The Morgan fingerprint density at radius 3 is 2.36 bits per heavy atom. The summed E-state index contributed by atoms with van der Waals surface area (Å²) < 4.78 is 5.77. The number of phenols is 3. The number of benzene rings is 3. The number of phenolic OH excluding ortho intramolecular Hbond substituents is 3. The second kappa shape index (κ2) is 7.56. The van der Waals surface area contributed by atoms with Crippen molar-refractivity contribution in [2.75, 3.05) is 0 Å². The van der Waals surface area contributed by atoms with Crippen molar-refractivity contribution in [2.24, 2.45) is 5.41 Å². The second-order valence-electron chi connectivity index (χ2n) is 10.7. The number of fused-ring (bicyclic) bond motifs is 6. The summed E-state index contributed by atoms with van der Waals surface area (Å²) in [4.78, 5) is 40.6. The van der Waals surface area contributed by atoms with E-state index in [1.165, 1.54) is 36.4 Å². The van der Waals surface area contributed by atoms with Crippen LogP contribution in [0.2, 0.25) is 0 Å². The van der Waals surface area contributed by atoms with E-state index in [0.29, 0.717) is 16.7 Å². The van der Waals surface area contributed by atoms with Gasteiger partial charge in [0.2, 0.25) is 5.78 Å². The minimum Gasteiger partial charge on any atom is -0.507 e. The molecule has 1 heterocycles. The topological polar surface area (TPSA) is 162 Å². The molecule has 4 aliphatic rings. The Morgan fingerprint density at radius 1 is 0.846 bits per heavy atom. The lowest BCUT2D eigenvalue weighted by molar-refractivity contribution is -0.119. The molecule has 0 aromatic heterocycles. The first-order chi connectivity index (χ1) is 18.6. The predicted octanol–water partition coefficient (Wildman–Crippen LogP) is 2.72. The Hall–Kier alpha value is -4.47. The van der Waals surface area contributed by atoms with E-state index in [1.54, 1.807) is 19.1 Å².